The molecule has 0 bridgehead atoms. The molecule has 2 aromatic carbocycles. The maximum absolute atomic E-state index is 6.29. The largest absolute Gasteiger partial charge is 0.327 e. The predicted molar refractivity (Wildman–Crippen MR) is 89.4 cm³/mol. The molecular weight excluding hydrogens is 266 g/mol. The van der Waals surface area contributed by atoms with E-state index in [2.05, 4.69) is 74.5 Å². The van der Waals surface area contributed by atoms with Crippen LogP contribution in [-0.4, -0.2) is 6.04 Å². The van der Waals surface area contributed by atoms with Gasteiger partial charge in [0, 0.05) is 12.0 Å². The van der Waals surface area contributed by atoms with Crippen LogP contribution in [0.3, 0.4) is 0 Å². The second-order valence-corrected chi connectivity index (χ2v) is 5.52. The second kappa shape index (κ2) is 8.08. The Labute approximate surface area is 128 Å². The van der Waals surface area contributed by atoms with Gasteiger partial charge < -0.3 is 5.73 Å². The molecule has 0 amide bonds. The van der Waals surface area contributed by atoms with E-state index in [1.165, 1.54) is 11.1 Å². The van der Waals surface area contributed by atoms with Crippen molar-refractivity contribution in [3.8, 4) is 0 Å². The Kier molecular flexibility index (Phi) is 6.77. The molecule has 2 heteroatoms. The van der Waals surface area contributed by atoms with Gasteiger partial charge in [0.05, 0.1) is 0 Å². The third-order valence-corrected chi connectivity index (χ3v) is 3.77. The topological polar surface area (TPSA) is 26.0 Å². The quantitative estimate of drug-likeness (QED) is 0.854. The number of halogens is 1. The lowest BCUT2D eigenvalue weighted by Crippen LogP contribution is -2.28. The summed E-state index contributed by atoms with van der Waals surface area (Å²) in [4.78, 5) is 0. The van der Waals surface area contributed by atoms with Crippen molar-refractivity contribution in [3.05, 3.63) is 71.8 Å². The van der Waals surface area contributed by atoms with Gasteiger partial charge in [-0.1, -0.05) is 74.5 Å². The molecule has 0 aliphatic carbocycles. The Morgan fingerprint density at radius 1 is 0.800 bits per heavy atom. The molecule has 1 unspecified atom stereocenters. The Bertz CT molecular complexity index is 442. The second-order valence-electron chi connectivity index (χ2n) is 5.52. The molecule has 20 heavy (non-hydrogen) atoms. The Balaban J connectivity index is 0.00000200. The first-order valence-corrected chi connectivity index (χ1v) is 7.04. The van der Waals surface area contributed by atoms with Crippen LogP contribution in [0.5, 0.6) is 0 Å². The van der Waals surface area contributed by atoms with Crippen molar-refractivity contribution in [1.82, 2.24) is 0 Å². The normalized spacial score (nSPS) is 12.2. The van der Waals surface area contributed by atoms with E-state index in [0.29, 0.717) is 11.8 Å². The summed E-state index contributed by atoms with van der Waals surface area (Å²) in [5, 5.41) is 0. The summed E-state index contributed by atoms with van der Waals surface area (Å²) >= 11 is 0. The Morgan fingerprint density at radius 3 is 1.55 bits per heavy atom. The van der Waals surface area contributed by atoms with E-state index in [0.717, 1.165) is 6.42 Å². The fraction of sp³-hybridized carbons (Fsp3) is 0.333. The first-order valence-electron chi connectivity index (χ1n) is 7.04. The SMILES string of the molecule is CC(C)C(N)CC(c1ccccc1)c1ccccc1.Cl. The first kappa shape index (κ1) is 16.7. The van der Waals surface area contributed by atoms with Gasteiger partial charge in [0.1, 0.15) is 0 Å². The van der Waals surface area contributed by atoms with Crippen LogP contribution in [0.2, 0.25) is 0 Å². The molecule has 0 spiro atoms. The first-order chi connectivity index (χ1) is 9.18. The van der Waals surface area contributed by atoms with Crippen molar-refractivity contribution in [2.45, 2.75) is 32.2 Å². The molecule has 0 aromatic heterocycles. The van der Waals surface area contributed by atoms with Gasteiger partial charge in [-0.2, -0.15) is 0 Å². The highest BCUT2D eigenvalue weighted by Gasteiger charge is 2.19. The minimum absolute atomic E-state index is 0. The molecule has 0 saturated heterocycles. The summed E-state index contributed by atoms with van der Waals surface area (Å²) in [6.07, 6.45) is 0.992. The van der Waals surface area contributed by atoms with E-state index in [9.17, 15) is 0 Å². The van der Waals surface area contributed by atoms with Gasteiger partial charge in [0.15, 0.2) is 0 Å². The van der Waals surface area contributed by atoms with Crippen molar-refractivity contribution in [2.75, 3.05) is 0 Å². The van der Waals surface area contributed by atoms with Gasteiger partial charge in [-0.15, -0.1) is 12.4 Å². The monoisotopic (exact) mass is 289 g/mol. The lowest BCUT2D eigenvalue weighted by molar-refractivity contribution is 0.445. The van der Waals surface area contributed by atoms with E-state index in [-0.39, 0.29) is 18.4 Å². The molecule has 0 heterocycles. The van der Waals surface area contributed by atoms with Crippen molar-refractivity contribution >= 4 is 12.4 Å². The zero-order valence-electron chi connectivity index (χ0n) is 12.2. The molecule has 2 aromatic rings. The van der Waals surface area contributed by atoms with Crippen molar-refractivity contribution < 1.29 is 0 Å². The fourth-order valence-electron chi connectivity index (χ4n) is 2.38. The van der Waals surface area contributed by atoms with E-state index in [1.807, 2.05) is 0 Å². The summed E-state index contributed by atoms with van der Waals surface area (Å²) in [7, 11) is 0. The number of rotatable bonds is 5. The molecule has 1 atom stereocenters. The van der Waals surface area contributed by atoms with Gasteiger partial charge in [0.2, 0.25) is 0 Å². The van der Waals surface area contributed by atoms with E-state index < -0.39 is 0 Å². The molecule has 108 valence electrons. The smallest absolute Gasteiger partial charge is 0.0104 e. The number of hydrogen-bond acceptors (Lipinski definition) is 1. The summed E-state index contributed by atoms with van der Waals surface area (Å²) in [5.41, 5.74) is 9.00. The molecule has 1 nitrogen and oxygen atoms in total. The van der Waals surface area contributed by atoms with Crippen LogP contribution in [0, 0.1) is 5.92 Å². The van der Waals surface area contributed by atoms with E-state index in [1.54, 1.807) is 0 Å². The van der Waals surface area contributed by atoms with Gasteiger partial charge in [-0.3, -0.25) is 0 Å². The van der Waals surface area contributed by atoms with Crippen molar-refractivity contribution in [3.63, 3.8) is 0 Å². The van der Waals surface area contributed by atoms with Crippen LogP contribution < -0.4 is 5.73 Å². The minimum Gasteiger partial charge on any atom is -0.327 e. The molecule has 0 aliphatic rings. The van der Waals surface area contributed by atoms with Crippen LogP contribution in [0.4, 0.5) is 0 Å². The van der Waals surface area contributed by atoms with Crippen molar-refractivity contribution in [1.29, 1.82) is 0 Å². The molecule has 0 radical (unpaired) electrons. The molecule has 2 N–H and O–H groups in total. The van der Waals surface area contributed by atoms with Crippen LogP contribution >= 0.6 is 12.4 Å². The van der Waals surface area contributed by atoms with Gasteiger partial charge in [-0.05, 0) is 23.5 Å². The lowest BCUT2D eigenvalue weighted by atomic mass is 9.83. The zero-order chi connectivity index (χ0) is 13.7. The van der Waals surface area contributed by atoms with Gasteiger partial charge in [-0.25, -0.2) is 0 Å². The Morgan fingerprint density at radius 2 is 1.20 bits per heavy atom. The highest BCUT2D eigenvalue weighted by molar-refractivity contribution is 5.85. The highest BCUT2D eigenvalue weighted by Crippen LogP contribution is 2.29. The number of benzene rings is 2. The summed E-state index contributed by atoms with van der Waals surface area (Å²) in [6.45, 7) is 4.38. The standard InChI is InChI=1S/C18H23N.ClH/c1-14(2)18(19)13-17(15-9-5-3-6-10-15)16-11-7-4-8-12-16;/h3-12,14,17-18H,13,19H2,1-2H3;1H. The summed E-state index contributed by atoms with van der Waals surface area (Å²) < 4.78 is 0. The minimum atomic E-state index is 0. The maximum Gasteiger partial charge on any atom is 0.0104 e. The zero-order valence-corrected chi connectivity index (χ0v) is 13.0. The molecular formula is C18H24ClN. The van der Waals surface area contributed by atoms with E-state index in [4.69, 9.17) is 5.73 Å². The molecule has 0 fully saturated rings. The lowest BCUT2D eigenvalue weighted by Gasteiger charge is -2.24. The molecule has 0 aliphatic heterocycles. The van der Waals surface area contributed by atoms with Crippen LogP contribution in [0.1, 0.15) is 37.3 Å². The maximum atomic E-state index is 6.29. The molecule has 2 rings (SSSR count). The molecule has 0 saturated carbocycles. The van der Waals surface area contributed by atoms with Crippen LogP contribution in [0.25, 0.3) is 0 Å². The average Bonchev–Trinajstić information content (AvgIpc) is 2.46. The summed E-state index contributed by atoms with van der Waals surface area (Å²) in [5.74, 6) is 0.898. The third kappa shape index (κ3) is 4.36. The fourth-order valence-corrected chi connectivity index (χ4v) is 2.38. The van der Waals surface area contributed by atoms with Crippen molar-refractivity contribution in [2.24, 2.45) is 11.7 Å². The van der Waals surface area contributed by atoms with Gasteiger partial charge >= 0.3 is 0 Å². The number of hydrogen-bond donors (Lipinski definition) is 1. The summed E-state index contributed by atoms with van der Waals surface area (Å²) in [6, 6.07) is 21.6. The van der Waals surface area contributed by atoms with E-state index >= 15 is 0 Å². The number of nitrogens with two attached hydrogens (primary N) is 1. The van der Waals surface area contributed by atoms with Crippen LogP contribution in [-0.2, 0) is 0 Å². The Hall–Kier alpha value is -1.31. The predicted octanol–water partition coefficient (Wildman–Crippen LogP) is 4.61. The highest BCUT2D eigenvalue weighted by atomic mass is 35.5. The average molecular weight is 290 g/mol. The third-order valence-electron chi connectivity index (χ3n) is 3.77. The van der Waals surface area contributed by atoms with Crippen LogP contribution in [0.15, 0.2) is 60.7 Å². The van der Waals surface area contributed by atoms with Gasteiger partial charge in [0.25, 0.3) is 0 Å².